The quantitative estimate of drug-likeness (QED) is 0.155. The summed E-state index contributed by atoms with van der Waals surface area (Å²) in [6.45, 7) is 0. The number of benzene rings is 3. The Morgan fingerprint density at radius 1 is 1.07 bits per heavy atom. The molecular weight excluding hydrogens is 405 g/mol. The van der Waals surface area contributed by atoms with E-state index in [1.165, 1.54) is 12.1 Å². The maximum atomic E-state index is 12.3. The summed E-state index contributed by atoms with van der Waals surface area (Å²) in [4.78, 5) is -0.521. The summed E-state index contributed by atoms with van der Waals surface area (Å²) in [5.41, 5.74) is 3.08. The predicted octanol–water partition coefficient (Wildman–Crippen LogP) is 0.197. The van der Waals surface area contributed by atoms with Crippen molar-refractivity contribution < 1.29 is 47.6 Å². The second kappa shape index (κ2) is 9.60. The van der Waals surface area contributed by atoms with Gasteiger partial charge in [-0.15, -0.1) is 15.3 Å². The molecule has 0 saturated carbocycles. The number of rotatable bonds is 4. The summed E-state index contributed by atoms with van der Waals surface area (Å²) in [6, 6.07) is 17.3. The van der Waals surface area contributed by atoms with E-state index in [0.29, 0.717) is 5.69 Å². The maximum Gasteiger partial charge on any atom is 1.00 e. The Bertz CT molecular complexity index is 1240. The first-order chi connectivity index (χ1) is 13.4. The third-order valence-electron chi connectivity index (χ3n) is 3.63. The smallest absolute Gasteiger partial charge is 0.871 e. The topological polar surface area (TPSA) is 150 Å². The van der Waals surface area contributed by atoms with Gasteiger partial charge in [-0.2, -0.15) is 13.7 Å². The van der Waals surface area contributed by atoms with Crippen LogP contribution in [0, 0.1) is 11.3 Å². The monoisotopic (exact) mass is 417 g/mol. The van der Waals surface area contributed by atoms with Gasteiger partial charge in [0.25, 0.3) is 16.0 Å². The Kier molecular flexibility index (Phi) is 7.44. The van der Waals surface area contributed by atoms with E-state index in [9.17, 15) is 18.1 Å². The number of nitrogens with one attached hydrogen (secondary N) is 1. The van der Waals surface area contributed by atoms with Crippen molar-refractivity contribution >= 4 is 38.1 Å². The van der Waals surface area contributed by atoms with Crippen molar-refractivity contribution in [1.82, 2.24) is 0 Å². The van der Waals surface area contributed by atoms with Crippen molar-refractivity contribution in [2.24, 2.45) is 15.3 Å². The molecule has 0 unspecified atom stereocenters. The predicted molar refractivity (Wildman–Crippen MR) is 101 cm³/mol. The molecule has 2 N–H and O–H groups in total. The molecule has 0 fully saturated rings. The van der Waals surface area contributed by atoms with Gasteiger partial charge in [0.15, 0.2) is 0 Å². The first kappa shape index (κ1) is 22.5. The van der Waals surface area contributed by atoms with Crippen LogP contribution in [0.25, 0.3) is 10.8 Å². The van der Waals surface area contributed by atoms with E-state index < -0.39 is 20.8 Å². The fourth-order valence-corrected chi connectivity index (χ4v) is 3.13. The Balaban J connectivity index is 0.00000300. The van der Waals surface area contributed by atoms with E-state index in [1.807, 2.05) is 6.07 Å². The van der Waals surface area contributed by atoms with E-state index >= 15 is 0 Å². The second-order valence-corrected chi connectivity index (χ2v) is 6.86. The van der Waals surface area contributed by atoms with Gasteiger partial charge in [0, 0.05) is 10.8 Å². The van der Waals surface area contributed by atoms with Gasteiger partial charge in [-0.25, -0.2) is 0 Å². The second-order valence-electron chi connectivity index (χ2n) is 5.47. The molecule has 0 aliphatic carbocycles. The molecule has 29 heavy (non-hydrogen) atoms. The van der Waals surface area contributed by atoms with Crippen LogP contribution in [0.5, 0.6) is 5.75 Å². The van der Waals surface area contributed by atoms with Gasteiger partial charge in [0.2, 0.25) is 0 Å². The summed E-state index contributed by atoms with van der Waals surface area (Å²) in [5.74, 6) is -1.12. The standard InChI is InChI=1S/C18H13N5O4S.Na/c19-11-17(21-20-12-6-2-1-3-7-12)22-23-18-14-9-5-4-8-13(14)16(10-15(18)24)28(25,26)27;/h1-10,20,24H,(H,25,26,27);/q;+1/p-1/b21-17-,23-22?;. The summed E-state index contributed by atoms with van der Waals surface area (Å²) < 4.78 is 32.4. The fourth-order valence-electron chi connectivity index (χ4n) is 2.42. The van der Waals surface area contributed by atoms with Crippen molar-refractivity contribution in [2.45, 2.75) is 4.90 Å². The molecule has 0 bridgehead atoms. The molecule has 3 rings (SSSR count). The summed E-state index contributed by atoms with van der Waals surface area (Å²) in [6.07, 6.45) is 0. The number of nitrogens with zero attached hydrogens (tertiary/aromatic N) is 4. The Morgan fingerprint density at radius 3 is 2.31 bits per heavy atom. The SMILES string of the molecule is N#C/C(N=Nc1c([O-])cc(S(=O)(=O)O)c2ccccc12)=N/Nc1ccccc1.[Na+]. The zero-order valence-electron chi connectivity index (χ0n) is 15.1. The van der Waals surface area contributed by atoms with Crippen molar-refractivity contribution in [3.63, 3.8) is 0 Å². The number of fused-ring (bicyclic) bond motifs is 1. The number of hydrazone groups is 1. The van der Waals surface area contributed by atoms with Crippen LogP contribution in [0.1, 0.15) is 0 Å². The van der Waals surface area contributed by atoms with E-state index in [2.05, 4.69) is 20.8 Å². The minimum absolute atomic E-state index is 0. The molecule has 0 radical (unpaired) electrons. The molecule has 0 amide bonds. The molecule has 0 spiro atoms. The summed E-state index contributed by atoms with van der Waals surface area (Å²) in [7, 11) is -4.60. The van der Waals surface area contributed by atoms with Crippen LogP contribution in [-0.2, 0) is 10.1 Å². The maximum absolute atomic E-state index is 12.3. The summed E-state index contributed by atoms with van der Waals surface area (Å²) in [5, 5.41) is 33.0. The van der Waals surface area contributed by atoms with Crippen LogP contribution in [-0.4, -0.2) is 18.8 Å². The minimum Gasteiger partial charge on any atom is -0.871 e. The van der Waals surface area contributed by atoms with Gasteiger partial charge in [0.1, 0.15) is 11.0 Å². The molecule has 11 heteroatoms. The molecule has 9 nitrogen and oxygen atoms in total. The Hall–Kier alpha value is -2.81. The van der Waals surface area contributed by atoms with Crippen molar-refractivity contribution in [2.75, 3.05) is 5.43 Å². The Morgan fingerprint density at radius 2 is 1.69 bits per heavy atom. The van der Waals surface area contributed by atoms with E-state index in [0.717, 1.165) is 6.07 Å². The number of azo groups is 1. The van der Waals surface area contributed by atoms with Gasteiger partial charge >= 0.3 is 29.6 Å². The van der Waals surface area contributed by atoms with Crippen molar-refractivity contribution in [1.29, 1.82) is 5.26 Å². The zero-order chi connectivity index (χ0) is 20.1. The van der Waals surface area contributed by atoms with Gasteiger partial charge in [0.05, 0.1) is 11.4 Å². The third-order valence-corrected chi connectivity index (χ3v) is 4.52. The van der Waals surface area contributed by atoms with E-state index in [4.69, 9.17) is 5.26 Å². The molecular formula is C18H12N5NaO4S. The molecule has 0 atom stereocenters. The fraction of sp³-hybridized carbons (Fsp3) is 0. The molecule has 3 aromatic carbocycles. The first-order valence-corrected chi connectivity index (χ1v) is 9.25. The number of para-hydroxylation sites is 1. The normalized spacial score (nSPS) is 11.8. The number of nitriles is 1. The zero-order valence-corrected chi connectivity index (χ0v) is 18.0. The molecule has 3 aromatic rings. The van der Waals surface area contributed by atoms with Gasteiger partial charge < -0.3 is 5.11 Å². The van der Waals surface area contributed by atoms with Gasteiger partial charge in [-0.1, -0.05) is 48.2 Å². The molecule has 0 aliphatic rings. The van der Waals surface area contributed by atoms with Crippen LogP contribution >= 0.6 is 0 Å². The number of anilines is 1. The number of hydrogen-bond acceptors (Lipinski definition) is 7. The van der Waals surface area contributed by atoms with Crippen LogP contribution in [0.2, 0.25) is 0 Å². The van der Waals surface area contributed by atoms with Crippen LogP contribution in [0.4, 0.5) is 11.4 Å². The van der Waals surface area contributed by atoms with Crippen molar-refractivity contribution in [3.05, 3.63) is 60.7 Å². The first-order valence-electron chi connectivity index (χ1n) is 7.81. The molecule has 0 heterocycles. The third kappa shape index (κ3) is 5.38. The van der Waals surface area contributed by atoms with Crippen LogP contribution in [0.15, 0.2) is 80.9 Å². The van der Waals surface area contributed by atoms with E-state index in [-0.39, 0.29) is 51.9 Å². The van der Waals surface area contributed by atoms with Gasteiger partial charge in [-0.05, 0) is 18.2 Å². The Labute approximate surface area is 188 Å². The van der Waals surface area contributed by atoms with Crippen LogP contribution in [0.3, 0.4) is 0 Å². The molecule has 0 saturated heterocycles. The van der Waals surface area contributed by atoms with Crippen LogP contribution < -0.4 is 40.1 Å². The summed E-state index contributed by atoms with van der Waals surface area (Å²) >= 11 is 0. The van der Waals surface area contributed by atoms with Crippen molar-refractivity contribution in [3.8, 4) is 11.8 Å². The largest absolute Gasteiger partial charge is 1.00 e. The molecule has 0 aromatic heterocycles. The minimum atomic E-state index is -4.60. The van der Waals surface area contributed by atoms with E-state index in [1.54, 1.807) is 42.5 Å². The average molecular weight is 417 g/mol. The number of hydrogen-bond donors (Lipinski definition) is 2. The molecule has 140 valence electrons. The number of amidine groups is 1. The molecule has 0 aliphatic heterocycles. The average Bonchev–Trinajstić information content (AvgIpc) is 2.69. The van der Waals surface area contributed by atoms with Gasteiger partial charge in [-0.3, -0.25) is 9.98 Å².